The monoisotopic (exact) mass is 361 g/mol. The number of hydrogen-bond donors (Lipinski definition) is 1. The van der Waals surface area contributed by atoms with Gasteiger partial charge >= 0.3 is 0 Å². The molecule has 1 amide bonds. The molecular formula is C17H16ClN3O2S. The van der Waals surface area contributed by atoms with Crippen LogP contribution in [0.3, 0.4) is 0 Å². The van der Waals surface area contributed by atoms with Crippen molar-refractivity contribution in [2.75, 3.05) is 11.9 Å². The van der Waals surface area contributed by atoms with Crippen LogP contribution in [-0.2, 0) is 6.54 Å². The molecule has 7 heteroatoms. The summed E-state index contributed by atoms with van der Waals surface area (Å²) in [5.74, 6) is 0.653. The molecule has 0 saturated heterocycles. The van der Waals surface area contributed by atoms with Crippen molar-refractivity contribution >= 4 is 34.5 Å². The molecule has 24 heavy (non-hydrogen) atoms. The van der Waals surface area contributed by atoms with E-state index < -0.39 is 0 Å². The highest BCUT2D eigenvalue weighted by molar-refractivity contribution is 7.12. The first-order valence-electron chi connectivity index (χ1n) is 7.43. The van der Waals surface area contributed by atoms with Gasteiger partial charge in [-0.05, 0) is 48.2 Å². The van der Waals surface area contributed by atoms with E-state index in [0.29, 0.717) is 23.1 Å². The summed E-state index contributed by atoms with van der Waals surface area (Å²) in [5, 5.41) is 9.56. The largest absolute Gasteiger partial charge is 0.494 e. The van der Waals surface area contributed by atoms with Crippen molar-refractivity contribution in [1.29, 1.82) is 0 Å². The Hall–Kier alpha value is -2.31. The van der Waals surface area contributed by atoms with Crippen LogP contribution in [0.1, 0.15) is 22.2 Å². The Kier molecular flexibility index (Phi) is 5.17. The third kappa shape index (κ3) is 4.15. The van der Waals surface area contributed by atoms with Gasteiger partial charge in [0, 0.05) is 11.9 Å². The van der Waals surface area contributed by atoms with E-state index in [0.717, 1.165) is 17.0 Å². The Balaban J connectivity index is 1.62. The van der Waals surface area contributed by atoms with Crippen LogP contribution < -0.4 is 10.1 Å². The topological polar surface area (TPSA) is 56.1 Å². The van der Waals surface area contributed by atoms with Gasteiger partial charge in [0.2, 0.25) is 0 Å². The van der Waals surface area contributed by atoms with Crippen LogP contribution in [0, 0.1) is 0 Å². The molecular weight excluding hydrogens is 346 g/mol. The van der Waals surface area contributed by atoms with Crippen LogP contribution in [0.2, 0.25) is 5.02 Å². The van der Waals surface area contributed by atoms with Gasteiger partial charge in [-0.2, -0.15) is 5.10 Å². The van der Waals surface area contributed by atoms with Crippen LogP contribution in [0.25, 0.3) is 0 Å². The lowest BCUT2D eigenvalue weighted by molar-refractivity contribution is 0.103. The summed E-state index contributed by atoms with van der Waals surface area (Å²) < 4.78 is 7.12. The lowest BCUT2D eigenvalue weighted by Crippen LogP contribution is -2.10. The molecule has 0 radical (unpaired) electrons. The average molecular weight is 362 g/mol. The normalized spacial score (nSPS) is 10.6. The van der Waals surface area contributed by atoms with Crippen LogP contribution in [0.15, 0.2) is 48.1 Å². The second-order valence-electron chi connectivity index (χ2n) is 5.09. The summed E-state index contributed by atoms with van der Waals surface area (Å²) in [5.41, 5.74) is 1.74. The average Bonchev–Trinajstić information content (AvgIpc) is 3.19. The Morgan fingerprint density at radius 1 is 1.38 bits per heavy atom. The highest BCUT2D eigenvalue weighted by atomic mass is 35.5. The van der Waals surface area contributed by atoms with Crippen molar-refractivity contribution in [2.45, 2.75) is 13.5 Å². The molecule has 0 aliphatic heterocycles. The predicted octanol–water partition coefficient (Wildman–Crippen LogP) is 4.30. The molecule has 0 unspecified atom stereocenters. The van der Waals surface area contributed by atoms with Gasteiger partial charge in [0.05, 0.1) is 29.2 Å². The minimum absolute atomic E-state index is 0.131. The molecule has 1 aromatic carbocycles. The molecule has 0 spiro atoms. The van der Waals surface area contributed by atoms with Crippen LogP contribution >= 0.6 is 22.9 Å². The Bertz CT molecular complexity index is 826. The highest BCUT2D eigenvalue weighted by Crippen LogP contribution is 2.20. The van der Waals surface area contributed by atoms with Gasteiger partial charge in [0.15, 0.2) is 0 Å². The molecule has 3 aromatic rings. The quantitative estimate of drug-likeness (QED) is 0.712. The van der Waals surface area contributed by atoms with Crippen molar-refractivity contribution in [3.63, 3.8) is 0 Å². The van der Waals surface area contributed by atoms with Crippen molar-refractivity contribution in [2.24, 2.45) is 0 Å². The maximum Gasteiger partial charge on any atom is 0.265 e. The van der Waals surface area contributed by atoms with Gasteiger partial charge in [-0.15, -0.1) is 11.3 Å². The number of halogens is 1. The van der Waals surface area contributed by atoms with Crippen LogP contribution in [-0.4, -0.2) is 22.3 Å². The zero-order chi connectivity index (χ0) is 16.9. The molecule has 2 heterocycles. The lowest BCUT2D eigenvalue weighted by Gasteiger charge is -2.06. The van der Waals surface area contributed by atoms with Crippen molar-refractivity contribution < 1.29 is 9.53 Å². The summed E-state index contributed by atoms with van der Waals surface area (Å²) in [6.45, 7) is 3.13. The standard InChI is InChI=1S/C17H16ClN3O2S/c1-2-23-15-5-3-14(4-6-15)20-17(22)16-7-12(11-24-16)9-21-10-13(18)8-19-21/h3-8,10-11H,2,9H2,1H3,(H,20,22). The first-order chi connectivity index (χ1) is 11.6. The fourth-order valence-corrected chi connectivity index (χ4v) is 3.14. The first-order valence-corrected chi connectivity index (χ1v) is 8.69. The lowest BCUT2D eigenvalue weighted by atomic mass is 10.2. The van der Waals surface area contributed by atoms with Crippen molar-refractivity contribution in [1.82, 2.24) is 9.78 Å². The Labute approximate surface area is 148 Å². The number of benzene rings is 1. The second-order valence-corrected chi connectivity index (χ2v) is 6.43. The molecule has 3 rings (SSSR count). The maximum absolute atomic E-state index is 12.3. The maximum atomic E-state index is 12.3. The number of ether oxygens (including phenoxy) is 1. The number of carbonyl (C=O) groups excluding carboxylic acids is 1. The summed E-state index contributed by atoms with van der Waals surface area (Å²) in [4.78, 5) is 13.0. The molecule has 0 atom stereocenters. The fourth-order valence-electron chi connectivity index (χ4n) is 2.18. The summed E-state index contributed by atoms with van der Waals surface area (Å²) in [6, 6.07) is 9.18. The van der Waals surface area contributed by atoms with E-state index >= 15 is 0 Å². The zero-order valence-corrected chi connectivity index (χ0v) is 14.6. The van der Waals surface area contributed by atoms with Gasteiger partial charge < -0.3 is 10.1 Å². The van der Waals surface area contributed by atoms with Crippen molar-refractivity contribution in [3.05, 3.63) is 63.6 Å². The molecule has 2 aromatic heterocycles. The van der Waals surface area contributed by atoms with Gasteiger partial charge in [0.25, 0.3) is 5.91 Å². The summed E-state index contributed by atoms with van der Waals surface area (Å²) in [7, 11) is 0. The van der Waals surface area contributed by atoms with E-state index in [9.17, 15) is 4.79 Å². The smallest absolute Gasteiger partial charge is 0.265 e. The Morgan fingerprint density at radius 3 is 2.83 bits per heavy atom. The summed E-state index contributed by atoms with van der Waals surface area (Å²) >= 11 is 7.25. The number of aromatic nitrogens is 2. The minimum Gasteiger partial charge on any atom is -0.494 e. The number of nitrogens with zero attached hydrogens (tertiary/aromatic N) is 2. The molecule has 0 aliphatic rings. The second kappa shape index (κ2) is 7.51. The molecule has 0 saturated carbocycles. The Morgan fingerprint density at radius 2 is 2.17 bits per heavy atom. The van der Waals surface area contributed by atoms with E-state index in [2.05, 4.69) is 10.4 Å². The molecule has 5 nitrogen and oxygen atoms in total. The summed E-state index contributed by atoms with van der Waals surface area (Å²) in [6.07, 6.45) is 3.34. The SMILES string of the molecule is CCOc1ccc(NC(=O)c2cc(Cn3cc(Cl)cn3)cs2)cc1. The van der Waals surface area contributed by atoms with E-state index in [4.69, 9.17) is 16.3 Å². The van der Waals surface area contributed by atoms with E-state index in [1.807, 2.05) is 42.6 Å². The van der Waals surface area contributed by atoms with Crippen LogP contribution in [0.5, 0.6) is 5.75 Å². The molecule has 0 fully saturated rings. The van der Waals surface area contributed by atoms with Gasteiger partial charge in [-0.25, -0.2) is 0 Å². The molecule has 0 aliphatic carbocycles. The molecule has 1 N–H and O–H groups in total. The van der Waals surface area contributed by atoms with E-state index in [1.165, 1.54) is 11.3 Å². The number of hydrogen-bond acceptors (Lipinski definition) is 4. The number of nitrogens with one attached hydrogen (secondary N) is 1. The van der Waals surface area contributed by atoms with Gasteiger partial charge in [-0.3, -0.25) is 9.48 Å². The molecule has 0 bridgehead atoms. The minimum atomic E-state index is -0.131. The number of carbonyl (C=O) groups is 1. The van der Waals surface area contributed by atoms with Gasteiger partial charge in [-0.1, -0.05) is 11.6 Å². The fraction of sp³-hybridized carbons (Fsp3) is 0.176. The molecule has 124 valence electrons. The third-order valence-corrected chi connectivity index (χ3v) is 4.42. The predicted molar refractivity (Wildman–Crippen MR) is 96.2 cm³/mol. The van der Waals surface area contributed by atoms with Crippen LogP contribution in [0.4, 0.5) is 5.69 Å². The third-order valence-electron chi connectivity index (χ3n) is 3.25. The van der Waals surface area contributed by atoms with Crippen molar-refractivity contribution in [3.8, 4) is 5.75 Å². The number of thiophene rings is 1. The number of rotatable bonds is 6. The first kappa shape index (κ1) is 16.5. The van der Waals surface area contributed by atoms with E-state index in [-0.39, 0.29) is 5.91 Å². The van der Waals surface area contributed by atoms with E-state index in [1.54, 1.807) is 17.1 Å². The van der Waals surface area contributed by atoms with Gasteiger partial charge in [0.1, 0.15) is 5.75 Å². The highest BCUT2D eigenvalue weighted by Gasteiger charge is 2.10. The zero-order valence-electron chi connectivity index (χ0n) is 13.0. The number of anilines is 1. The number of amides is 1.